The van der Waals surface area contributed by atoms with E-state index in [0.29, 0.717) is 0 Å². The highest BCUT2D eigenvalue weighted by molar-refractivity contribution is 7.90. The summed E-state index contributed by atoms with van der Waals surface area (Å²) in [5.74, 6) is -18.8. The Kier molecular flexibility index (Phi) is 7.37. The van der Waals surface area contributed by atoms with Crippen molar-refractivity contribution in [2.75, 3.05) is 32.8 Å². The van der Waals surface area contributed by atoms with Crippen LogP contribution in [0.15, 0.2) is 0 Å². The molecule has 0 aromatic carbocycles. The maximum absolute atomic E-state index is 13.8. The van der Waals surface area contributed by atoms with E-state index in [0.717, 1.165) is 0 Å². The number of hydrogen-bond donors (Lipinski definition) is 0. The fourth-order valence-electron chi connectivity index (χ4n) is 2.15. The number of carbonyl (C=O) groups excluding carboxylic acids is 2. The minimum atomic E-state index is -7.46. The second-order valence-corrected chi connectivity index (χ2v) is 8.03. The van der Waals surface area contributed by atoms with Crippen molar-refractivity contribution < 1.29 is 75.4 Å². The van der Waals surface area contributed by atoms with Gasteiger partial charge in [-0.25, -0.2) is 13.2 Å². The number of amides is 1. The maximum Gasteiger partial charge on any atom is 0.460 e. The molecule has 32 heavy (non-hydrogen) atoms. The number of esters is 1. The van der Waals surface area contributed by atoms with Crippen LogP contribution >= 0.6 is 0 Å². The quantitative estimate of drug-likeness (QED) is 0.314. The highest BCUT2D eigenvalue weighted by atomic mass is 32.2. The third kappa shape index (κ3) is 4.99. The van der Waals surface area contributed by atoms with Crippen molar-refractivity contribution in [3.63, 3.8) is 0 Å². The van der Waals surface area contributed by atoms with E-state index < -0.39 is 88.4 Å². The van der Waals surface area contributed by atoms with E-state index in [9.17, 15) is 70.7 Å². The fraction of sp³-hybridized carbons (Fsp3) is 0.833. The van der Waals surface area contributed by atoms with Crippen molar-refractivity contribution in [1.82, 2.24) is 9.21 Å². The average molecular weight is 522 g/mol. The zero-order valence-electron chi connectivity index (χ0n) is 14.9. The standard InChI is InChI=1S/C12H10F12N2O5S/c13-8(14,15)5-31-7(28)6(27)25-1-3-26(4-2-25)32(29,30)12(23,24)10(18,19)9(16,17)11(20,21)22/h1-5H2. The van der Waals surface area contributed by atoms with Crippen LogP contribution in [-0.4, -0.2) is 91.7 Å². The Morgan fingerprint density at radius 2 is 1.19 bits per heavy atom. The minimum Gasteiger partial charge on any atom is -0.449 e. The number of sulfonamides is 1. The predicted octanol–water partition coefficient (Wildman–Crippen LogP) is 1.99. The van der Waals surface area contributed by atoms with Crippen LogP contribution in [0.5, 0.6) is 0 Å². The Bertz CT molecular complexity index is 830. The predicted molar refractivity (Wildman–Crippen MR) is 75.0 cm³/mol. The van der Waals surface area contributed by atoms with Crippen LogP contribution in [0, 0.1) is 0 Å². The van der Waals surface area contributed by atoms with Crippen molar-refractivity contribution in [3.8, 4) is 0 Å². The largest absolute Gasteiger partial charge is 0.460 e. The third-order valence-electron chi connectivity index (χ3n) is 3.85. The average Bonchev–Trinajstić information content (AvgIpc) is 2.63. The van der Waals surface area contributed by atoms with E-state index in [-0.39, 0.29) is 4.90 Å². The molecule has 1 fully saturated rings. The molecule has 1 aliphatic heterocycles. The van der Waals surface area contributed by atoms with E-state index in [2.05, 4.69) is 4.74 Å². The van der Waals surface area contributed by atoms with Gasteiger partial charge in [-0.1, -0.05) is 0 Å². The zero-order valence-corrected chi connectivity index (χ0v) is 15.7. The van der Waals surface area contributed by atoms with Crippen molar-refractivity contribution in [2.24, 2.45) is 0 Å². The Morgan fingerprint density at radius 3 is 1.56 bits per heavy atom. The van der Waals surface area contributed by atoms with E-state index >= 15 is 0 Å². The van der Waals surface area contributed by atoms with E-state index in [1.807, 2.05) is 0 Å². The van der Waals surface area contributed by atoms with Gasteiger partial charge in [0.25, 0.3) is 10.0 Å². The Hall–Kier alpha value is -1.99. The molecule has 1 saturated heterocycles. The third-order valence-corrected chi connectivity index (χ3v) is 5.80. The molecule has 0 radical (unpaired) electrons. The molecular weight excluding hydrogens is 512 g/mol. The van der Waals surface area contributed by atoms with Crippen LogP contribution in [0.4, 0.5) is 52.7 Å². The number of piperazine rings is 1. The molecule has 0 aromatic rings. The van der Waals surface area contributed by atoms with Gasteiger partial charge in [0.15, 0.2) is 6.61 Å². The number of ether oxygens (including phenoxy) is 1. The summed E-state index contributed by atoms with van der Waals surface area (Å²) in [5, 5.41) is -6.98. The SMILES string of the molecule is O=C(OCC(F)(F)F)C(=O)N1CCN(S(=O)(=O)C(F)(F)C(F)(F)C(F)(F)C(F)(F)F)CC1. The number of hydrogen-bond acceptors (Lipinski definition) is 5. The van der Waals surface area contributed by atoms with Crippen LogP contribution in [0.1, 0.15) is 0 Å². The molecule has 0 aromatic heterocycles. The first-order valence-electron chi connectivity index (χ1n) is 7.73. The molecule has 0 bridgehead atoms. The highest BCUT2D eigenvalue weighted by Gasteiger charge is 2.85. The molecule has 20 heteroatoms. The van der Waals surface area contributed by atoms with Gasteiger partial charge in [0, 0.05) is 26.2 Å². The van der Waals surface area contributed by atoms with Crippen molar-refractivity contribution in [1.29, 1.82) is 0 Å². The van der Waals surface area contributed by atoms with Crippen molar-refractivity contribution in [3.05, 3.63) is 0 Å². The van der Waals surface area contributed by atoms with Crippen LogP contribution in [0.2, 0.25) is 0 Å². The summed E-state index contributed by atoms with van der Waals surface area (Å²) in [5.41, 5.74) is 0. The number of nitrogens with zero attached hydrogens (tertiary/aromatic N) is 2. The molecule has 0 aliphatic carbocycles. The lowest BCUT2D eigenvalue weighted by atomic mass is 10.1. The molecule has 1 rings (SSSR count). The molecule has 1 amide bonds. The van der Waals surface area contributed by atoms with Crippen LogP contribution in [-0.2, 0) is 24.3 Å². The van der Waals surface area contributed by atoms with Crippen LogP contribution in [0.3, 0.4) is 0 Å². The number of halogens is 12. The molecular formula is C12H10F12N2O5S. The molecule has 0 atom stereocenters. The Balaban J connectivity index is 2.99. The minimum absolute atomic E-state index is 0.255. The van der Waals surface area contributed by atoms with Gasteiger partial charge in [-0.15, -0.1) is 0 Å². The second-order valence-electron chi connectivity index (χ2n) is 6.05. The molecule has 0 N–H and O–H groups in total. The first-order valence-corrected chi connectivity index (χ1v) is 9.17. The van der Waals surface area contributed by atoms with Crippen molar-refractivity contribution in [2.45, 2.75) is 29.5 Å². The fourth-order valence-corrected chi connectivity index (χ4v) is 3.58. The Morgan fingerprint density at radius 1 is 0.750 bits per heavy atom. The van der Waals surface area contributed by atoms with E-state index in [1.165, 1.54) is 0 Å². The van der Waals surface area contributed by atoms with Gasteiger partial charge >= 0.3 is 41.3 Å². The Labute approximate surface area is 169 Å². The van der Waals surface area contributed by atoms with Gasteiger partial charge in [-0.3, -0.25) is 4.79 Å². The number of carbonyl (C=O) groups is 2. The first-order chi connectivity index (χ1) is 14.0. The van der Waals surface area contributed by atoms with Crippen molar-refractivity contribution >= 4 is 21.9 Å². The lowest BCUT2D eigenvalue weighted by molar-refractivity contribution is -0.382. The van der Waals surface area contributed by atoms with E-state index in [1.54, 1.807) is 0 Å². The van der Waals surface area contributed by atoms with Gasteiger partial charge in [0.05, 0.1) is 0 Å². The van der Waals surface area contributed by atoms with Crippen LogP contribution in [0.25, 0.3) is 0 Å². The molecule has 7 nitrogen and oxygen atoms in total. The van der Waals surface area contributed by atoms with Gasteiger partial charge in [-0.2, -0.15) is 57.0 Å². The smallest absolute Gasteiger partial charge is 0.449 e. The lowest BCUT2D eigenvalue weighted by Crippen LogP contribution is -2.66. The molecule has 0 spiro atoms. The van der Waals surface area contributed by atoms with Gasteiger partial charge in [0.2, 0.25) is 0 Å². The summed E-state index contributed by atoms with van der Waals surface area (Å²) in [7, 11) is -6.89. The highest BCUT2D eigenvalue weighted by Crippen LogP contribution is 2.55. The monoisotopic (exact) mass is 522 g/mol. The zero-order chi connectivity index (χ0) is 25.6. The molecule has 1 heterocycles. The molecule has 1 aliphatic rings. The first kappa shape index (κ1) is 28.0. The summed E-state index contributed by atoms with van der Waals surface area (Å²) < 4.78 is 179. The van der Waals surface area contributed by atoms with Gasteiger partial charge < -0.3 is 9.64 Å². The molecule has 188 valence electrons. The second kappa shape index (κ2) is 8.41. The normalized spacial score (nSPS) is 17.9. The summed E-state index contributed by atoms with van der Waals surface area (Å²) in [4.78, 5) is 23.1. The van der Waals surface area contributed by atoms with Crippen LogP contribution < -0.4 is 0 Å². The maximum atomic E-state index is 13.8. The van der Waals surface area contributed by atoms with Gasteiger partial charge in [0.1, 0.15) is 0 Å². The summed E-state index contributed by atoms with van der Waals surface area (Å²) in [6.07, 6.45) is -12.3. The molecule has 0 unspecified atom stereocenters. The molecule has 0 saturated carbocycles. The summed E-state index contributed by atoms with van der Waals surface area (Å²) in [6.45, 7) is -7.19. The van der Waals surface area contributed by atoms with Gasteiger partial charge in [-0.05, 0) is 0 Å². The lowest BCUT2D eigenvalue weighted by Gasteiger charge is -2.38. The summed E-state index contributed by atoms with van der Waals surface area (Å²) in [6, 6.07) is 0. The summed E-state index contributed by atoms with van der Waals surface area (Å²) >= 11 is 0. The number of rotatable bonds is 5. The van der Waals surface area contributed by atoms with E-state index in [4.69, 9.17) is 0 Å². The number of alkyl halides is 12. The topological polar surface area (TPSA) is 84.0 Å².